The third kappa shape index (κ3) is 8.92. The maximum atomic E-state index is 6.94. The number of hydrogen-bond acceptors (Lipinski definition) is 13. The van der Waals surface area contributed by atoms with E-state index >= 15 is 0 Å². The summed E-state index contributed by atoms with van der Waals surface area (Å²) in [4.78, 5) is 24.0. The Hall–Kier alpha value is -5.21. The summed E-state index contributed by atoms with van der Waals surface area (Å²) >= 11 is 0. The highest BCUT2D eigenvalue weighted by Gasteiger charge is 2.45. The normalized spacial score (nSPS) is 17.9. The molecule has 0 spiro atoms. The van der Waals surface area contributed by atoms with Crippen LogP contribution in [0.25, 0.3) is 21.8 Å². The predicted octanol–water partition coefficient (Wildman–Crippen LogP) is 5.51. The van der Waals surface area contributed by atoms with Crippen molar-refractivity contribution >= 4 is 33.5 Å². The number of fused-ring (bicyclic) bond motifs is 3. The average molecular weight is 761 g/mol. The maximum Gasteiger partial charge on any atom is 0.391 e. The zero-order chi connectivity index (χ0) is 38.3. The molecule has 0 radical (unpaired) electrons. The molecular formula is C43H52N8O5. The molecule has 294 valence electrons. The number of likely N-dealkylation sites (N-methyl/N-ethyl adjacent to an activating group) is 2. The molecule has 5 aromatic rings. The summed E-state index contributed by atoms with van der Waals surface area (Å²) in [5.41, 5.74) is 2.82. The number of hydrogen-bond donors (Lipinski definition) is 1. The molecule has 0 saturated carbocycles. The minimum Gasteiger partial charge on any atom is -0.493 e. The number of pyridine rings is 2. The van der Waals surface area contributed by atoms with Crippen LogP contribution in [0.1, 0.15) is 18.4 Å². The second-order valence-corrected chi connectivity index (χ2v) is 14.8. The highest BCUT2D eigenvalue weighted by molar-refractivity contribution is 5.93. The predicted molar refractivity (Wildman–Crippen MR) is 219 cm³/mol. The zero-order valence-corrected chi connectivity index (χ0v) is 32.7. The van der Waals surface area contributed by atoms with Crippen LogP contribution in [0, 0.1) is 0 Å². The van der Waals surface area contributed by atoms with Crippen molar-refractivity contribution in [1.82, 2.24) is 29.6 Å². The Kier molecular flexibility index (Phi) is 11.6. The number of aromatic nitrogens is 2. The topological polar surface area (TPSA) is 109 Å². The van der Waals surface area contributed by atoms with Crippen LogP contribution in [0.5, 0.6) is 23.0 Å². The molecule has 8 rings (SSSR count). The second-order valence-electron chi connectivity index (χ2n) is 14.8. The SMILES string of the molecule is COc1cc2c(cc1OCCCN1CCN(C)CC1)NC(OCCCN1CCN(C)CC1)=NC2(Oc1ccc2cccnc2c1)Oc1ccc2cccnc2c1. The molecule has 3 aliphatic heterocycles. The molecule has 2 fully saturated rings. The van der Waals surface area contributed by atoms with Gasteiger partial charge in [0.2, 0.25) is 0 Å². The van der Waals surface area contributed by atoms with E-state index < -0.39 is 5.91 Å². The zero-order valence-electron chi connectivity index (χ0n) is 32.7. The molecule has 13 nitrogen and oxygen atoms in total. The Morgan fingerprint density at radius 3 is 1.75 bits per heavy atom. The van der Waals surface area contributed by atoms with Gasteiger partial charge in [-0.05, 0) is 69.4 Å². The molecule has 2 aromatic heterocycles. The van der Waals surface area contributed by atoms with E-state index in [1.165, 1.54) is 0 Å². The van der Waals surface area contributed by atoms with E-state index in [1.54, 1.807) is 19.5 Å². The van der Waals surface area contributed by atoms with Gasteiger partial charge in [-0.25, -0.2) is 0 Å². The maximum absolute atomic E-state index is 6.94. The van der Waals surface area contributed by atoms with E-state index in [2.05, 4.69) is 49.0 Å². The molecule has 0 aliphatic carbocycles. The molecule has 0 amide bonds. The van der Waals surface area contributed by atoms with Crippen LogP contribution >= 0.6 is 0 Å². The smallest absolute Gasteiger partial charge is 0.391 e. The molecule has 3 aromatic carbocycles. The summed E-state index contributed by atoms with van der Waals surface area (Å²) in [5, 5.41) is 5.42. The van der Waals surface area contributed by atoms with Crippen LogP contribution in [-0.2, 0) is 10.6 Å². The number of methoxy groups -OCH3 is 1. The number of aliphatic imine (C=N–C) groups is 1. The lowest BCUT2D eigenvalue weighted by atomic mass is 10.1. The van der Waals surface area contributed by atoms with Gasteiger partial charge in [0.05, 0.1) is 42.6 Å². The van der Waals surface area contributed by atoms with E-state index in [1.807, 2.05) is 72.8 Å². The number of piperazine rings is 2. The summed E-state index contributed by atoms with van der Waals surface area (Å²) in [6, 6.07) is 23.5. The lowest BCUT2D eigenvalue weighted by Crippen LogP contribution is -2.45. The Balaban J connectivity index is 1.13. The number of benzene rings is 3. The fraction of sp³-hybridized carbons (Fsp3) is 0.419. The Morgan fingerprint density at radius 1 is 0.643 bits per heavy atom. The molecular weight excluding hydrogens is 709 g/mol. The van der Waals surface area contributed by atoms with Crippen LogP contribution in [-0.4, -0.2) is 135 Å². The molecule has 13 heteroatoms. The van der Waals surface area contributed by atoms with Crippen molar-refractivity contribution in [2.45, 2.75) is 18.8 Å². The standard InChI is InChI=1S/C43H52N8O5/c1-48-18-22-50(23-19-48)16-6-26-53-41-31-39-36(30-40(41)52-3)43(55-34-12-10-32-8-4-14-44-37(32)28-34,56-35-13-11-33-9-5-15-45-38(33)29-35)47-42(46-39)54-27-7-17-51-24-20-49(2)21-25-51/h4-5,8-15,28-31H,6-7,16-27H2,1-3H3,(H,46,47). The van der Waals surface area contributed by atoms with Crippen LogP contribution in [0.4, 0.5) is 5.69 Å². The first-order chi connectivity index (χ1) is 27.4. The molecule has 0 bridgehead atoms. The summed E-state index contributed by atoms with van der Waals surface area (Å²) in [7, 11) is 5.99. The van der Waals surface area contributed by atoms with Gasteiger partial charge in [-0.15, -0.1) is 4.99 Å². The van der Waals surface area contributed by atoms with Gasteiger partial charge in [0.1, 0.15) is 11.5 Å². The summed E-state index contributed by atoms with van der Waals surface area (Å²) in [6.07, 6.45) is 5.26. The van der Waals surface area contributed by atoms with Gasteiger partial charge < -0.3 is 48.6 Å². The van der Waals surface area contributed by atoms with Crippen molar-refractivity contribution in [1.29, 1.82) is 0 Å². The molecule has 5 heterocycles. The van der Waals surface area contributed by atoms with Crippen molar-refractivity contribution in [3.05, 3.63) is 90.8 Å². The van der Waals surface area contributed by atoms with Gasteiger partial charge in [-0.2, -0.15) is 0 Å². The number of nitrogens with zero attached hydrogens (tertiary/aromatic N) is 7. The van der Waals surface area contributed by atoms with Crippen molar-refractivity contribution < 1.29 is 23.7 Å². The van der Waals surface area contributed by atoms with E-state index in [0.29, 0.717) is 47.5 Å². The summed E-state index contributed by atoms with van der Waals surface area (Å²) in [5.74, 6) is 0.431. The average Bonchev–Trinajstić information content (AvgIpc) is 3.22. The first-order valence-electron chi connectivity index (χ1n) is 19.7. The van der Waals surface area contributed by atoms with Crippen LogP contribution in [0.3, 0.4) is 0 Å². The molecule has 0 atom stereocenters. The van der Waals surface area contributed by atoms with E-state index in [0.717, 1.165) is 100 Å². The van der Waals surface area contributed by atoms with Crippen LogP contribution in [0.2, 0.25) is 0 Å². The first-order valence-corrected chi connectivity index (χ1v) is 19.7. The Morgan fingerprint density at radius 2 is 1.20 bits per heavy atom. The minimum atomic E-state index is -1.74. The minimum absolute atomic E-state index is 0.278. The van der Waals surface area contributed by atoms with Crippen molar-refractivity contribution in [3.8, 4) is 23.0 Å². The van der Waals surface area contributed by atoms with Gasteiger partial charge in [0.15, 0.2) is 11.5 Å². The Labute approximate surface area is 328 Å². The van der Waals surface area contributed by atoms with Crippen LogP contribution < -0.4 is 24.3 Å². The van der Waals surface area contributed by atoms with Gasteiger partial charge in [-0.3, -0.25) is 9.97 Å². The van der Waals surface area contributed by atoms with Crippen LogP contribution in [0.15, 0.2) is 90.2 Å². The van der Waals surface area contributed by atoms with Crippen molar-refractivity contribution in [2.24, 2.45) is 4.99 Å². The Bertz CT molecular complexity index is 2050. The van der Waals surface area contributed by atoms with E-state index in [4.69, 9.17) is 28.7 Å². The molecule has 2 saturated heterocycles. The molecule has 3 aliphatic rings. The van der Waals surface area contributed by atoms with Gasteiger partial charge in [0, 0.05) is 107 Å². The van der Waals surface area contributed by atoms with Gasteiger partial charge >= 0.3 is 5.91 Å². The number of amidine groups is 1. The second kappa shape index (κ2) is 17.3. The fourth-order valence-electron chi connectivity index (χ4n) is 7.39. The van der Waals surface area contributed by atoms with Crippen molar-refractivity contribution in [3.63, 3.8) is 0 Å². The van der Waals surface area contributed by atoms with Crippen molar-refractivity contribution in [2.75, 3.05) is 105 Å². The highest BCUT2D eigenvalue weighted by Crippen LogP contribution is 2.45. The number of nitrogens with one attached hydrogen (secondary N) is 1. The molecule has 0 unspecified atom stereocenters. The van der Waals surface area contributed by atoms with E-state index in [-0.39, 0.29) is 6.02 Å². The third-order valence-electron chi connectivity index (χ3n) is 10.7. The lowest BCUT2D eigenvalue weighted by molar-refractivity contribution is -0.116. The lowest BCUT2D eigenvalue weighted by Gasteiger charge is -2.36. The summed E-state index contributed by atoms with van der Waals surface area (Å²) in [6.45, 7) is 11.5. The van der Waals surface area contributed by atoms with E-state index in [9.17, 15) is 0 Å². The fourth-order valence-corrected chi connectivity index (χ4v) is 7.39. The number of ether oxygens (including phenoxy) is 5. The molecule has 1 N–H and O–H groups in total. The van der Waals surface area contributed by atoms with Gasteiger partial charge in [-0.1, -0.05) is 12.1 Å². The highest BCUT2D eigenvalue weighted by atomic mass is 16.7. The van der Waals surface area contributed by atoms with Gasteiger partial charge in [0.25, 0.3) is 6.02 Å². The third-order valence-corrected chi connectivity index (χ3v) is 10.7. The first kappa shape index (κ1) is 37.7. The summed E-state index contributed by atoms with van der Waals surface area (Å²) < 4.78 is 32.7. The number of rotatable bonds is 14. The number of anilines is 1. The largest absolute Gasteiger partial charge is 0.493 e. The monoisotopic (exact) mass is 760 g/mol. The molecule has 56 heavy (non-hydrogen) atoms. The quantitative estimate of drug-likeness (QED) is 0.114.